The van der Waals surface area contributed by atoms with Gasteiger partial charge in [-0.2, -0.15) is 0 Å². The van der Waals surface area contributed by atoms with Crippen molar-refractivity contribution in [2.45, 2.75) is 44.4 Å². The predicted octanol–water partition coefficient (Wildman–Crippen LogP) is 2.75. The molecule has 2 atom stereocenters. The van der Waals surface area contributed by atoms with E-state index in [9.17, 15) is 8.78 Å². The molecule has 2 nitrogen and oxygen atoms in total. The van der Waals surface area contributed by atoms with Gasteiger partial charge in [-0.15, -0.1) is 0 Å². The molecule has 0 radical (unpaired) electrons. The molecule has 1 aromatic rings. The molecule has 0 amide bonds. The quantitative estimate of drug-likeness (QED) is 0.883. The lowest BCUT2D eigenvalue weighted by atomic mass is 9.93. The normalized spacial score (nSPS) is 24.9. The van der Waals surface area contributed by atoms with Gasteiger partial charge in [-0.3, -0.25) is 0 Å². The highest BCUT2D eigenvalue weighted by atomic mass is 19.1. The summed E-state index contributed by atoms with van der Waals surface area (Å²) < 4.78 is 31.7. The second kappa shape index (κ2) is 5.56. The fraction of sp³-hybridized carbons (Fsp3) is 0.538. The van der Waals surface area contributed by atoms with E-state index in [-0.39, 0.29) is 18.8 Å². The average Bonchev–Trinajstić information content (AvgIpc) is 2.30. The summed E-state index contributed by atoms with van der Waals surface area (Å²) in [4.78, 5) is 0. The summed E-state index contributed by atoms with van der Waals surface area (Å²) in [5.41, 5.74) is 6.31. The van der Waals surface area contributed by atoms with Gasteiger partial charge in [0.2, 0.25) is 0 Å². The van der Waals surface area contributed by atoms with Crippen LogP contribution in [0.2, 0.25) is 0 Å². The minimum absolute atomic E-state index is 0.00629. The van der Waals surface area contributed by atoms with Gasteiger partial charge >= 0.3 is 0 Å². The molecule has 2 unspecified atom stereocenters. The number of benzene rings is 1. The summed E-state index contributed by atoms with van der Waals surface area (Å²) in [5.74, 6) is -1.13. The van der Waals surface area contributed by atoms with Gasteiger partial charge < -0.3 is 10.5 Å². The number of nitrogens with two attached hydrogens (primary N) is 1. The molecule has 1 aromatic carbocycles. The van der Waals surface area contributed by atoms with Crippen molar-refractivity contribution in [1.29, 1.82) is 0 Å². The summed E-state index contributed by atoms with van der Waals surface area (Å²) in [6.07, 6.45) is 4.10. The highest BCUT2D eigenvalue weighted by Crippen LogP contribution is 2.21. The fourth-order valence-electron chi connectivity index (χ4n) is 2.17. The van der Waals surface area contributed by atoms with Crippen molar-refractivity contribution in [3.05, 3.63) is 35.4 Å². The Labute approximate surface area is 99.8 Å². The molecule has 0 spiro atoms. The molecule has 0 bridgehead atoms. The first kappa shape index (κ1) is 12.5. The van der Waals surface area contributed by atoms with Gasteiger partial charge in [0.25, 0.3) is 0 Å². The maximum atomic E-state index is 13.4. The third-order valence-corrected chi connectivity index (χ3v) is 3.22. The van der Waals surface area contributed by atoms with E-state index in [1.807, 2.05) is 0 Å². The Bertz CT molecular complexity index is 384. The van der Waals surface area contributed by atoms with Gasteiger partial charge in [0.15, 0.2) is 0 Å². The number of ether oxygens (including phenoxy) is 1. The molecule has 1 saturated carbocycles. The van der Waals surface area contributed by atoms with Crippen LogP contribution in [0.15, 0.2) is 18.2 Å². The van der Waals surface area contributed by atoms with Crippen LogP contribution in [0, 0.1) is 11.6 Å². The standard InChI is InChI=1S/C13H17F2NO/c14-10-6-5-9(11(15)7-10)8-17-13-4-2-1-3-12(13)16/h5-7,12-13H,1-4,8,16H2. The third kappa shape index (κ3) is 3.23. The summed E-state index contributed by atoms with van der Waals surface area (Å²) >= 11 is 0. The van der Waals surface area contributed by atoms with Crippen molar-refractivity contribution in [1.82, 2.24) is 0 Å². The zero-order valence-electron chi connectivity index (χ0n) is 9.66. The smallest absolute Gasteiger partial charge is 0.131 e. The molecule has 0 heterocycles. The first-order chi connectivity index (χ1) is 8.16. The van der Waals surface area contributed by atoms with Crippen LogP contribution in [0.4, 0.5) is 8.78 Å². The summed E-state index contributed by atoms with van der Waals surface area (Å²) in [6.45, 7) is 0.157. The summed E-state index contributed by atoms with van der Waals surface area (Å²) in [6, 6.07) is 3.56. The van der Waals surface area contributed by atoms with E-state index in [1.165, 1.54) is 12.1 Å². The van der Waals surface area contributed by atoms with Gasteiger partial charge in [0, 0.05) is 17.7 Å². The van der Waals surface area contributed by atoms with Crippen LogP contribution in [-0.4, -0.2) is 12.1 Å². The second-order valence-electron chi connectivity index (χ2n) is 4.53. The molecule has 4 heteroatoms. The first-order valence-electron chi connectivity index (χ1n) is 5.98. The van der Waals surface area contributed by atoms with E-state index in [2.05, 4.69) is 0 Å². The van der Waals surface area contributed by atoms with E-state index in [0.717, 1.165) is 31.7 Å². The Morgan fingerprint density at radius 2 is 2.00 bits per heavy atom. The zero-order chi connectivity index (χ0) is 12.3. The molecular weight excluding hydrogens is 224 g/mol. The molecule has 1 fully saturated rings. The van der Waals surface area contributed by atoms with E-state index < -0.39 is 11.6 Å². The predicted molar refractivity (Wildman–Crippen MR) is 61.4 cm³/mol. The molecule has 1 aliphatic carbocycles. The molecule has 1 aliphatic rings. The summed E-state index contributed by atoms with van der Waals surface area (Å²) in [7, 11) is 0. The van der Waals surface area contributed by atoms with Crippen LogP contribution in [0.3, 0.4) is 0 Å². The van der Waals surface area contributed by atoms with Crippen molar-refractivity contribution in [3.63, 3.8) is 0 Å². The molecule has 2 rings (SSSR count). The molecule has 2 N–H and O–H groups in total. The van der Waals surface area contributed by atoms with Crippen molar-refractivity contribution >= 4 is 0 Å². The molecule has 17 heavy (non-hydrogen) atoms. The van der Waals surface area contributed by atoms with Crippen LogP contribution in [-0.2, 0) is 11.3 Å². The van der Waals surface area contributed by atoms with Crippen LogP contribution in [0.25, 0.3) is 0 Å². The molecule has 94 valence electrons. The highest BCUT2D eigenvalue weighted by Gasteiger charge is 2.22. The Morgan fingerprint density at radius 3 is 2.71 bits per heavy atom. The van der Waals surface area contributed by atoms with Gasteiger partial charge in [0.05, 0.1) is 12.7 Å². The van der Waals surface area contributed by atoms with E-state index >= 15 is 0 Å². The van der Waals surface area contributed by atoms with Crippen molar-refractivity contribution in [2.75, 3.05) is 0 Å². The Balaban J connectivity index is 1.92. The van der Waals surface area contributed by atoms with Crippen LogP contribution in [0.5, 0.6) is 0 Å². The van der Waals surface area contributed by atoms with Crippen molar-refractivity contribution < 1.29 is 13.5 Å². The third-order valence-electron chi connectivity index (χ3n) is 3.22. The maximum absolute atomic E-state index is 13.4. The van der Waals surface area contributed by atoms with Crippen LogP contribution >= 0.6 is 0 Å². The molecule has 0 aromatic heterocycles. The van der Waals surface area contributed by atoms with Crippen molar-refractivity contribution in [2.24, 2.45) is 5.73 Å². The monoisotopic (exact) mass is 241 g/mol. The van der Waals surface area contributed by atoms with Crippen LogP contribution in [0.1, 0.15) is 31.2 Å². The molecular formula is C13H17F2NO. The largest absolute Gasteiger partial charge is 0.372 e. The van der Waals surface area contributed by atoms with E-state index in [0.29, 0.717) is 5.56 Å². The topological polar surface area (TPSA) is 35.2 Å². The van der Waals surface area contributed by atoms with Crippen molar-refractivity contribution in [3.8, 4) is 0 Å². The summed E-state index contributed by atoms with van der Waals surface area (Å²) in [5, 5.41) is 0. The SMILES string of the molecule is NC1CCCCC1OCc1ccc(F)cc1F. The van der Waals surface area contributed by atoms with Gasteiger partial charge in [-0.25, -0.2) is 8.78 Å². The zero-order valence-corrected chi connectivity index (χ0v) is 9.66. The Morgan fingerprint density at radius 1 is 1.24 bits per heavy atom. The van der Waals surface area contributed by atoms with Gasteiger partial charge in [-0.05, 0) is 18.9 Å². The van der Waals surface area contributed by atoms with Gasteiger partial charge in [-0.1, -0.05) is 18.9 Å². The molecule has 0 saturated heterocycles. The highest BCUT2D eigenvalue weighted by molar-refractivity contribution is 5.17. The Hall–Kier alpha value is -1.00. The number of hydrogen-bond acceptors (Lipinski definition) is 2. The van der Waals surface area contributed by atoms with E-state index in [4.69, 9.17) is 10.5 Å². The maximum Gasteiger partial charge on any atom is 0.131 e. The number of hydrogen-bond donors (Lipinski definition) is 1. The average molecular weight is 241 g/mol. The first-order valence-corrected chi connectivity index (χ1v) is 5.98. The Kier molecular flexibility index (Phi) is 4.07. The van der Waals surface area contributed by atoms with Gasteiger partial charge in [0.1, 0.15) is 11.6 Å². The minimum atomic E-state index is -0.569. The van der Waals surface area contributed by atoms with Crippen LogP contribution < -0.4 is 5.73 Å². The fourth-order valence-corrected chi connectivity index (χ4v) is 2.17. The number of rotatable bonds is 3. The number of halogens is 2. The lowest BCUT2D eigenvalue weighted by Crippen LogP contribution is -2.39. The minimum Gasteiger partial charge on any atom is -0.372 e. The second-order valence-corrected chi connectivity index (χ2v) is 4.53. The molecule has 0 aliphatic heterocycles. The lowest BCUT2D eigenvalue weighted by Gasteiger charge is -2.28. The van der Waals surface area contributed by atoms with E-state index in [1.54, 1.807) is 0 Å². The lowest BCUT2D eigenvalue weighted by molar-refractivity contribution is 0.00285.